The predicted octanol–water partition coefficient (Wildman–Crippen LogP) is 1.26. The fourth-order valence-corrected chi connectivity index (χ4v) is 1.31. The highest BCUT2D eigenvalue weighted by Gasteiger charge is 2.13. The Morgan fingerprint density at radius 3 is 2.56 bits per heavy atom. The van der Waals surface area contributed by atoms with E-state index in [1.807, 2.05) is 6.92 Å². The molecule has 0 spiro atoms. The molecule has 0 unspecified atom stereocenters. The van der Waals surface area contributed by atoms with E-state index in [2.05, 4.69) is 10.5 Å². The van der Waals surface area contributed by atoms with Crippen molar-refractivity contribution in [2.75, 3.05) is 6.61 Å². The van der Waals surface area contributed by atoms with Crippen molar-refractivity contribution in [3.8, 4) is 0 Å². The molecule has 0 aliphatic carbocycles. The minimum atomic E-state index is -0.553. The highest BCUT2D eigenvalue weighted by atomic mass is 16.6. The minimum absolute atomic E-state index is 0.0454. The first kappa shape index (κ1) is 16.1. The first-order chi connectivity index (χ1) is 8.46. The summed E-state index contributed by atoms with van der Waals surface area (Å²) in [6.07, 6.45) is 3.05. The van der Waals surface area contributed by atoms with Crippen LogP contribution in [0.3, 0.4) is 0 Å². The van der Waals surface area contributed by atoms with Crippen molar-refractivity contribution in [2.24, 2.45) is 5.16 Å². The minimum Gasteiger partial charge on any atom is -0.411 e. The van der Waals surface area contributed by atoms with Gasteiger partial charge in [-0.1, -0.05) is 12.1 Å². The molecule has 7 heteroatoms. The highest BCUT2D eigenvalue weighted by molar-refractivity contribution is 5.78. The van der Waals surface area contributed by atoms with E-state index in [4.69, 9.17) is 10.3 Å². The molecule has 0 aromatic rings. The summed E-state index contributed by atoms with van der Waals surface area (Å²) < 4.78 is 0. The molecule has 0 saturated carbocycles. The first-order valence-corrected chi connectivity index (χ1v) is 5.54. The van der Waals surface area contributed by atoms with Crippen molar-refractivity contribution in [3.63, 3.8) is 0 Å². The van der Waals surface area contributed by atoms with E-state index in [1.54, 1.807) is 6.92 Å². The van der Waals surface area contributed by atoms with Gasteiger partial charge in [-0.25, -0.2) is 0 Å². The Hall–Kier alpha value is -1.89. The van der Waals surface area contributed by atoms with Crippen molar-refractivity contribution in [1.29, 1.82) is 0 Å². The molecule has 0 heterocycles. The summed E-state index contributed by atoms with van der Waals surface area (Å²) in [7, 11) is 0. The van der Waals surface area contributed by atoms with E-state index >= 15 is 0 Å². The van der Waals surface area contributed by atoms with Crippen molar-refractivity contribution < 1.29 is 15.2 Å². The normalized spacial score (nSPS) is 15.4. The van der Waals surface area contributed by atoms with Gasteiger partial charge in [0.05, 0.1) is 17.7 Å². The molecule has 0 rings (SSSR count). The van der Waals surface area contributed by atoms with Crippen molar-refractivity contribution in [2.45, 2.75) is 33.2 Å². The molecule has 0 amide bonds. The molecule has 1 atom stereocenters. The van der Waals surface area contributed by atoms with Gasteiger partial charge in [-0.05, 0) is 20.3 Å². The number of hydrogen-bond acceptors (Lipinski definition) is 6. The average molecular weight is 257 g/mol. The van der Waals surface area contributed by atoms with Gasteiger partial charge in [0.1, 0.15) is 0 Å². The summed E-state index contributed by atoms with van der Waals surface area (Å²) in [5.74, 6) is 0. The van der Waals surface area contributed by atoms with Crippen LogP contribution in [0.5, 0.6) is 0 Å². The fraction of sp³-hybridized carbons (Fsp3) is 0.545. The van der Waals surface area contributed by atoms with Gasteiger partial charge in [0.2, 0.25) is 0 Å². The summed E-state index contributed by atoms with van der Waals surface area (Å²) in [4.78, 5) is 10.3. The Bertz CT molecular complexity index is 370. The Labute approximate surface area is 106 Å². The van der Waals surface area contributed by atoms with Gasteiger partial charge in [0.15, 0.2) is 0 Å². The van der Waals surface area contributed by atoms with Crippen molar-refractivity contribution in [3.05, 3.63) is 33.2 Å². The molecule has 7 nitrogen and oxygen atoms in total. The quantitative estimate of drug-likeness (QED) is 0.209. The van der Waals surface area contributed by atoms with Gasteiger partial charge in [-0.3, -0.25) is 10.1 Å². The fourth-order valence-electron chi connectivity index (χ4n) is 1.31. The second-order valence-electron chi connectivity index (χ2n) is 3.83. The molecule has 0 bridgehead atoms. The molecule has 102 valence electrons. The zero-order chi connectivity index (χ0) is 14.1. The van der Waals surface area contributed by atoms with Gasteiger partial charge >= 0.3 is 0 Å². The molecule has 0 radical (unpaired) electrons. The molecule has 0 saturated heterocycles. The average Bonchev–Trinajstić information content (AvgIpc) is 2.32. The van der Waals surface area contributed by atoms with E-state index in [0.717, 1.165) is 6.21 Å². The molecular weight excluding hydrogens is 238 g/mol. The summed E-state index contributed by atoms with van der Waals surface area (Å²) in [5, 5.41) is 34.0. The standard InChI is InChI=1S/C11H19N3O4/c1-4-10(7-15)13-9(3)5-11(14(17)18)8(2)6-12-16/h5-6,10,13,15-16H,4,7H2,1-3H3/b9-5+,11-8+,12-6+/t10-/m0/s1. The lowest BCUT2D eigenvalue weighted by molar-refractivity contribution is -0.419. The van der Waals surface area contributed by atoms with Crippen LogP contribution in [0.1, 0.15) is 27.2 Å². The summed E-state index contributed by atoms with van der Waals surface area (Å²) in [5.41, 5.74) is 0.638. The smallest absolute Gasteiger partial charge is 0.275 e. The van der Waals surface area contributed by atoms with Crippen LogP contribution in [0.15, 0.2) is 28.2 Å². The van der Waals surface area contributed by atoms with Gasteiger partial charge in [-0.15, -0.1) is 0 Å². The number of hydrogen-bond donors (Lipinski definition) is 3. The molecule has 0 aromatic heterocycles. The van der Waals surface area contributed by atoms with E-state index in [1.165, 1.54) is 13.0 Å². The Kier molecular flexibility index (Phi) is 7.37. The number of rotatable bonds is 7. The molecule has 3 N–H and O–H groups in total. The molecule has 0 fully saturated rings. The van der Waals surface area contributed by atoms with E-state index in [9.17, 15) is 10.1 Å². The zero-order valence-corrected chi connectivity index (χ0v) is 10.8. The third-order valence-electron chi connectivity index (χ3n) is 2.35. The summed E-state index contributed by atoms with van der Waals surface area (Å²) in [6, 6.07) is -0.138. The molecule has 0 aromatic carbocycles. The van der Waals surface area contributed by atoms with E-state index in [-0.39, 0.29) is 23.9 Å². The monoisotopic (exact) mass is 257 g/mol. The third-order valence-corrected chi connectivity index (χ3v) is 2.35. The maximum atomic E-state index is 10.9. The largest absolute Gasteiger partial charge is 0.411 e. The second kappa shape index (κ2) is 8.24. The van der Waals surface area contributed by atoms with Crippen LogP contribution in [0, 0.1) is 10.1 Å². The maximum absolute atomic E-state index is 10.9. The van der Waals surface area contributed by atoms with Gasteiger partial charge in [0.25, 0.3) is 5.70 Å². The van der Waals surface area contributed by atoms with Crippen molar-refractivity contribution in [1.82, 2.24) is 5.32 Å². The second-order valence-corrected chi connectivity index (χ2v) is 3.83. The van der Waals surface area contributed by atoms with Crippen LogP contribution in [0.2, 0.25) is 0 Å². The number of aliphatic hydroxyl groups excluding tert-OH is 1. The van der Waals surface area contributed by atoms with Crippen molar-refractivity contribution >= 4 is 6.21 Å². The Morgan fingerprint density at radius 2 is 2.17 bits per heavy atom. The maximum Gasteiger partial charge on any atom is 0.275 e. The van der Waals surface area contributed by atoms with Crippen LogP contribution in [0.4, 0.5) is 0 Å². The Balaban J connectivity index is 5.08. The van der Waals surface area contributed by atoms with Crippen LogP contribution >= 0.6 is 0 Å². The zero-order valence-electron chi connectivity index (χ0n) is 10.8. The lowest BCUT2D eigenvalue weighted by Crippen LogP contribution is -2.30. The third kappa shape index (κ3) is 5.44. The SMILES string of the molecule is CC[C@@H](CO)N/C(C)=C/C(=C(C)\C=N\O)[N+](=O)[O-]. The highest BCUT2D eigenvalue weighted by Crippen LogP contribution is 2.08. The van der Waals surface area contributed by atoms with Crippen LogP contribution in [0.25, 0.3) is 0 Å². The summed E-state index contributed by atoms with van der Waals surface area (Å²) in [6.45, 7) is 5.00. The van der Waals surface area contributed by atoms with Crippen LogP contribution in [-0.2, 0) is 0 Å². The van der Waals surface area contributed by atoms with Gasteiger partial charge in [-0.2, -0.15) is 0 Å². The number of nitrogens with zero attached hydrogens (tertiary/aromatic N) is 2. The number of nitro groups is 1. The first-order valence-electron chi connectivity index (χ1n) is 5.54. The van der Waals surface area contributed by atoms with E-state index < -0.39 is 4.92 Å². The number of nitrogens with one attached hydrogen (secondary N) is 1. The number of oxime groups is 1. The van der Waals surface area contributed by atoms with Crippen LogP contribution < -0.4 is 5.32 Å². The number of aliphatic hydroxyl groups is 1. The van der Waals surface area contributed by atoms with Crippen LogP contribution in [-0.4, -0.2) is 34.1 Å². The summed E-state index contributed by atoms with van der Waals surface area (Å²) >= 11 is 0. The van der Waals surface area contributed by atoms with Gasteiger partial charge < -0.3 is 15.6 Å². The number of allylic oxidation sites excluding steroid dienone is 3. The Morgan fingerprint density at radius 1 is 1.56 bits per heavy atom. The molecule has 18 heavy (non-hydrogen) atoms. The molecule has 0 aliphatic rings. The van der Waals surface area contributed by atoms with Gasteiger partial charge in [0, 0.05) is 23.4 Å². The predicted molar refractivity (Wildman–Crippen MR) is 68.0 cm³/mol. The molecular formula is C11H19N3O4. The van der Waals surface area contributed by atoms with E-state index in [0.29, 0.717) is 12.1 Å². The molecule has 0 aliphatic heterocycles. The lowest BCUT2D eigenvalue weighted by atomic mass is 10.2. The topological polar surface area (TPSA) is 108 Å². The lowest BCUT2D eigenvalue weighted by Gasteiger charge is -2.15.